The molecule has 2 aliphatic rings. The van der Waals surface area contributed by atoms with Crippen molar-refractivity contribution in [2.75, 3.05) is 35.7 Å². The number of anilines is 4. The number of rotatable bonds is 6. The maximum Gasteiger partial charge on any atom is 0.233 e. The largest absolute Gasteiger partial charge is 0.495 e. The summed E-state index contributed by atoms with van der Waals surface area (Å²) in [4.78, 5) is 16.1. The van der Waals surface area contributed by atoms with Gasteiger partial charge in [-0.3, -0.25) is 0 Å². The molecule has 1 aromatic heterocycles. The molecule has 2 aromatic rings. The van der Waals surface area contributed by atoms with Crippen LogP contribution in [0.5, 0.6) is 5.75 Å². The van der Waals surface area contributed by atoms with Crippen LogP contribution in [0.15, 0.2) is 18.2 Å². The van der Waals surface area contributed by atoms with Crippen molar-refractivity contribution in [3.63, 3.8) is 0 Å². The fraction of sp³-hybridized carbons (Fsp3) is 0.591. The van der Waals surface area contributed by atoms with Crippen molar-refractivity contribution >= 4 is 35.1 Å². The molecule has 1 aliphatic carbocycles. The normalized spacial score (nSPS) is 18.5. The average Bonchev–Trinajstić information content (AvgIpc) is 3.03. The summed E-state index contributed by atoms with van der Waals surface area (Å²) in [5.74, 6) is 2.30. The van der Waals surface area contributed by atoms with Gasteiger partial charge in [-0.15, -0.1) is 0 Å². The Bertz CT molecular complexity index is 867. The van der Waals surface area contributed by atoms with Crippen LogP contribution in [-0.2, 0) is 0 Å². The monoisotopic (exact) mass is 446 g/mol. The summed E-state index contributed by atoms with van der Waals surface area (Å²) in [5, 5.41) is 17.2. The Balaban J connectivity index is 1.58. The van der Waals surface area contributed by atoms with Gasteiger partial charge in [0.05, 0.1) is 18.2 Å². The number of nitrogens with zero attached hydrogens (tertiary/aromatic N) is 4. The second-order valence-corrected chi connectivity index (χ2v) is 8.72. The Morgan fingerprint density at radius 3 is 2.39 bits per heavy atom. The lowest BCUT2D eigenvalue weighted by atomic mass is 10.1. The van der Waals surface area contributed by atoms with Crippen LogP contribution in [-0.4, -0.2) is 52.4 Å². The van der Waals surface area contributed by atoms with E-state index in [0.29, 0.717) is 47.5 Å². The molecule has 0 unspecified atom stereocenters. The Hall–Kier alpha value is -2.32. The van der Waals surface area contributed by atoms with Gasteiger partial charge in [-0.2, -0.15) is 15.0 Å². The maximum atomic E-state index is 9.86. The molecule has 2 heterocycles. The lowest BCUT2D eigenvalue weighted by Crippen LogP contribution is -2.37. The van der Waals surface area contributed by atoms with Gasteiger partial charge in [0, 0.05) is 24.8 Å². The molecule has 8 nitrogen and oxygen atoms in total. The van der Waals surface area contributed by atoms with Crippen LogP contribution in [0.2, 0.25) is 5.02 Å². The van der Waals surface area contributed by atoms with Gasteiger partial charge in [-0.1, -0.05) is 37.3 Å². The van der Waals surface area contributed by atoms with Gasteiger partial charge in [0.1, 0.15) is 5.75 Å². The Morgan fingerprint density at radius 1 is 1.00 bits per heavy atom. The molecule has 1 aromatic carbocycles. The first kappa shape index (κ1) is 21.9. The number of piperidine rings is 1. The molecule has 1 aliphatic heterocycles. The van der Waals surface area contributed by atoms with Crippen molar-refractivity contribution < 1.29 is 9.84 Å². The SMILES string of the molecule is COc1ccc(Nc2nc(NC3CCCCCC3)nc(N3CCC(O)CC3)n2)cc1Cl. The van der Waals surface area contributed by atoms with Crippen molar-refractivity contribution in [3.05, 3.63) is 23.2 Å². The van der Waals surface area contributed by atoms with Crippen LogP contribution in [0.1, 0.15) is 51.4 Å². The third-order valence-electron chi connectivity index (χ3n) is 5.97. The highest BCUT2D eigenvalue weighted by molar-refractivity contribution is 6.32. The fourth-order valence-corrected chi connectivity index (χ4v) is 4.43. The predicted molar refractivity (Wildman–Crippen MR) is 124 cm³/mol. The number of aromatic nitrogens is 3. The molecule has 4 rings (SSSR count). The Labute approximate surface area is 188 Å². The molecule has 168 valence electrons. The highest BCUT2D eigenvalue weighted by Crippen LogP contribution is 2.29. The summed E-state index contributed by atoms with van der Waals surface area (Å²) in [6, 6.07) is 5.86. The topological polar surface area (TPSA) is 95.4 Å². The van der Waals surface area contributed by atoms with Crippen LogP contribution in [0.4, 0.5) is 23.5 Å². The second kappa shape index (κ2) is 10.3. The first-order valence-corrected chi connectivity index (χ1v) is 11.5. The summed E-state index contributed by atoms with van der Waals surface area (Å²) in [7, 11) is 1.59. The van der Waals surface area contributed by atoms with Crippen LogP contribution >= 0.6 is 11.6 Å². The molecule has 0 bridgehead atoms. The van der Waals surface area contributed by atoms with Gasteiger partial charge >= 0.3 is 0 Å². The van der Waals surface area contributed by atoms with Gasteiger partial charge in [0.25, 0.3) is 0 Å². The number of aliphatic hydroxyl groups is 1. The molecule has 31 heavy (non-hydrogen) atoms. The molecule has 1 saturated heterocycles. The minimum absolute atomic E-state index is 0.249. The second-order valence-electron chi connectivity index (χ2n) is 8.31. The van der Waals surface area contributed by atoms with Gasteiger partial charge in [0.2, 0.25) is 17.8 Å². The number of hydrogen-bond donors (Lipinski definition) is 3. The van der Waals surface area contributed by atoms with Crippen molar-refractivity contribution in [2.45, 2.75) is 63.5 Å². The number of methoxy groups -OCH3 is 1. The van der Waals surface area contributed by atoms with Crippen LogP contribution in [0.3, 0.4) is 0 Å². The van der Waals surface area contributed by atoms with E-state index in [1.165, 1.54) is 25.7 Å². The van der Waals surface area contributed by atoms with Crippen LogP contribution < -0.4 is 20.3 Å². The van der Waals surface area contributed by atoms with Crippen LogP contribution in [0.25, 0.3) is 0 Å². The highest BCUT2D eigenvalue weighted by atomic mass is 35.5. The summed E-state index contributed by atoms with van der Waals surface area (Å²) in [5.41, 5.74) is 0.775. The lowest BCUT2D eigenvalue weighted by molar-refractivity contribution is 0.145. The molecule has 0 atom stereocenters. The van der Waals surface area contributed by atoms with Gasteiger partial charge in [0.15, 0.2) is 0 Å². The first-order valence-electron chi connectivity index (χ1n) is 11.2. The van der Waals surface area contributed by atoms with E-state index in [0.717, 1.165) is 31.6 Å². The zero-order valence-corrected chi connectivity index (χ0v) is 18.7. The van der Waals surface area contributed by atoms with Crippen molar-refractivity contribution in [1.82, 2.24) is 15.0 Å². The van der Waals surface area contributed by atoms with Gasteiger partial charge in [-0.05, 0) is 43.9 Å². The molecular formula is C22H31ClN6O2. The smallest absolute Gasteiger partial charge is 0.233 e. The fourth-order valence-electron chi connectivity index (χ4n) is 4.17. The predicted octanol–water partition coefficient (Wildman–Crippen LogP) is 4.37. The summed E-state index contributed by atoms with van der Waals surface area (Å²) < 4.78 is 5.23. The molecular weight excluding hydrogens is 416 g/mol. The van der Waals surface area contributed by atoms with E-state index in [2.05, 4.69) is 25.5 Å². The number of aliphatic hydroxyl groups excluding tert-OH is 1. The number of benzene rings is 1. The number of halogens is 1. The number of ether oxygens (including phenoxy) is 1. The zero-order chi connectivity index (χ0) is 21.6. The van der Waals surface area contributed by atoms with Gasteiger partial charge in [-0.25, -0.2) is 0 Å². The summed E-state index contributed by atoms with van der Waals surface area (Å²) in [6.45, 7) is 1.45. The molecule has 9 heteroatoms. The standard InChI is InChI=1S/C22H31ClN6O2/c1-31-19-9-8-16(14-18(19)23)25-21-26-20(24-15-6-4-2-3-5-7-15)27-22(28-21)29-12-10-17(30)11-13-29/h8-9,14-15,17,30H,2-7,10-13H2,1H3,(H2,24,25,26,27,28). The third kappa shape index (κ3) is 5.89. The minimum Gasteiger partial charge on any atom is -0.495 e. The average molecular weight is 447 g/mol. The van der Waals surface area contributed by atoms with E-state index >= 15 is 0 Å². The molecule has 1 saturated carbocycles. The quantitative estimate of drug-likeness (QED) is 0.563. The molecule has 0 amide bonds. The number of nitrogens with one attached hydrogen (secondary N) is 2. The van der Waals surface area contributed by atoms with Crippen molar-refractivity contribution in [3.8, 4) is 5.75 Å². The van der Waals surface area contributed by atoms with Gasteiger partial charge < -0.3 is 25.4 Å². The highest BCUT2D eigenvalue weighted by Gasteiger charge is 2.22. The third-order valence-corrected chi connectivity index (χ3v) is 6.26. The van der Waals surface area contributed by atoms with Crippen molar-refractivity contribution in [2.24, 2.45) is 0 Å². The molecule has 0 spiro atoms. The minimum atomic E-state index is -0.249. The Kier molecular flexibility index (Phi) is 7.29. The summed E-state index contributed by atoms with van der Waals surface area (Å²) in [6.07, 6.45) is 8.50. The Morgan fingerprint density at radius 2 is 1.71 bits per heavy atom. The molecule has 0 radical (unpaired) electrons. The first-order chi connectivity index (χ1) is 15.1. The molecule has 2 fully saturated rings. The van der Waals surface area contributed by atoms with E-state index in [9.17, 15) is 5.11 Å². The van der Waals surface area contributed by atoms with E-state index in [-0.39, 0.29) is 6.10 Å². The van der Waals surface area contributed by atoms with E-state index in [1.807, 2.05) is 12.1 Å². The van der Waals surface area contributed by atoms with E-state index < -0.39 is 0 Å². The van der Waals surface area contributed by atoms with Crippen LogP contribution in [0, 0.1) is 0 Å². The number of hydrogen-bond acceptors (Lipinski definition) is 8. The maximum absolute atomic E-state index is 9.86. The van der Waals surface area contributed by atoms with E-state index in [1.54, 1.807) is 13.2 Å². The van der Waals surface area contributed by atoms with Crippen molar-refractivity contribution in [1.29, 1.82) is 0 Å². The summed E-state index contributed by atoms with van der Waals surface area (Å²) >= 11 is 6.28. The lowest BCUT2D eigenvalue weighted by Gasteiger charge is -2.30. The zero-order valence-electron chi connectivity index (χ0n) is 18.0. The van der Waals surface area contributed by atoms with E-state index in [4.69, 9.17) is 21.3 Å². The molecule has 3 N–H and O–H groups in total.